The smallest absolute Gasteiger partial charge is 0.410 e. The van der Waals surface area contributed by atoms with E-state index in [9.17, 15) is 9.59 Å². The van der Waals surface area contributed by atoms with Gasteiger partial charge in [-0.25, -0.2) is 4.79 Å². The topological polar surface area (TPSA) is 49.9 Å². The van der Waals surface area contributed by atoms with Gasteiger partial charge in [0.05, 0.1) is 18.2 Å². The Morgan fingerprint density at radius 2 is 1.70 bits per heavy atom. The third-order valence-electron chi connectivity index (χ3n) is 6.98. The van der Waals surface area contributed by atoms with E-state index in [4.69, 9.17) is 4.74 Å². The van der Waals surface area contributed by atoms with Crippen molar-refractivity contribution in [2.24, 2.45) is 17.8 Å². The number of piperazine rings is 1. The molecule has 154 valence electrons. The molecular weight excluding hydrogens is 340 g/mol. The van der Waals surface area contributed by atoms with Crippen molar-refractivity contribution in [2.75, 3.05) is 6.54 Å². The molecule has 1 aliphatic heterocycles. The van der Waals surface area contributed by atoms with E-state index < -0.39 is 0 Å². The highest BCUT2D eigenvalue weighted by Crippen LogP contribution is 2.42. The van der Waals surface area contributed by atoms with Gasteiger partial charge in [-0.1, -0.05) is 26.7 Å². The van der Waals surface area contributed by atoms with Gasteiger partial charge in [-0.05, 0) is 64.7 Å². The number of carbonyl (C=O) groups is 2. The third-order valence-corrected chi connectivity index (χ3v) is 6.98. The lowest BCUT2D eigenvalue weighted by Crippen LogP contribution is -2.67. The molecule has 0 aromatic heterocycles. The van der Waals surface area contributed by atoms with Crippen LogP contribution >= 0.6 is 0 Å². The van der Waals surface area contributed by atoms with Crippen LogP contribution in [0.15, 0.2) is 0 Å². The maximum Gasteiger partial charge on any atom is 0.410 e. The van der Waals surface area contributed by atoms with Crippen LogP contribution < -0.4 is 0 Å². The van der Waals surface area contributed by atoms with Crippen LogP contribution in [0.5, 0.6) is 0 Å². The molecule has 2 amide bonds. The number of hydrogen-bond donors (Lipinski definition) is 0. The van der Waals surface area contributed by atoms with Gasteiger partial charge >= 0.3 is 6.09 Å². The van der Waals surface area contributed by atoms with Crippen LogP contribution in [-0.4, -0.2) is 52.6 Å². The van der Waals surface area contributed by atoms with Crippen molar-refractivity contribution in [3.05, 3.63) is 0 Å². The monoisotopic (exact) mass is 378 g/mol. The Morgan fingerprint density at radius 3 is 2.26 bits per heavy atom. The first kappa shape index (κ1) is 20.5. The second-order valence-corrected chi connectivity index (χ2v) is 9.24. The van der Waals surface area contributed by atoms with Gasteiger partial charge in [0.1, 0.15) is 0 Å². The van der Waals surface area contributed by atoms with E-state index in [1.165, 1.54) is 19.3 Å². The van der Waals surface area contributed by atoms with Gasteiger partial charge in [0.25, 0.3) is 0 Å². The number of rotatable bonds is 5. The van der Waals surface area contributed by atoms with Crippen molar-refractivity contribution in [3.63, 3.8) is 0 Å². The SMILES string of the molecule is CCC(CC)C1CCC2C(C1)N(C(=O)OC(C)C)C[C@H](C)N2C(=O)C1CC1. The molecule has 3 fully saturated rings. The molecule has 3 aliphatic rings. The highest BCUT2D eigenvalue weighted by atomic mass is 16.6. The van der Waals surface area contributed by atoms with Crippen molar-refractivity contribution in [1.29, 1.82) is 0 Å². The standard InChI is InChI=1S/C22H38N2O3/c1-6-16(7-2)18-10-11-19-20(12-18)23(22(26)27-14(3)4)13-15(5)24(19)21(25)17-8-9-17/h14-20H,6-13H2,1-5H3/t15-,18?,19?,20?/m0/s1. The Balaban J connectivity index is 1.83. The first-order valence-electron chi connectivity index (χ1n) is 11.2. The highest BCUT2D eigenvalue weighted by molar-refractivity contribution is 5.82. The number of ether oxygens (including phenoxy) is 1. The molecule has 0 bridgehead atoms. The minimum absolute atomic E-state index is 0.0729. The van der Waals surface area contributed by atoms with Crippen LogP contribution in [0.1, 0.15) is 79.6 Å². The molecule has 27 heavy (non-hydrogen) atoms. The fourth-order valence-corrected chi connectivity index (χ4v) is 5.44. The highest BCUT2D eigenvalue weighted by Gasteiger charge is 2.50. The summed E-state index contributed by atoms with van der Waals surface area (Å²) in [5.41, 5.74) is 0. The van der Waals surface area contributed by atoms with Crippen molar-refractivity contribution in [1.82, 2.24) is 9.80 Å². The molecule has 4 atom stereocenters. The summed E-state index contributed by atoms with van der Waals surface area (Å²) in [5.74, 6) is 1.91. The van der Waals surface area contributed by atoms with Gasteiger partial charge in [0.2, 0.25) is 5.91 Å². The molecule has 3 unspecified atom stereocenters. The molecule has 1 saturated heterocycles. The van der Waals surface area contributed by atoms with Gasteiger partial charge < -0.3 is 14.5 Å². The van der Waals surface area contributed by atoms with Crippen LogP contribution in [0.3, 0.4) is 0 Å². The van der Waals surface area contributed by atoms with Gasteiger partial charge in [0, 0.05) is 18.5 Å². The van der Waals surface area contributed by atoms with Crippen LogP contribution in [-0.2, 0) is 9.53 Å². The summed E-state index contributed by atoms with van der Waals surface area (Å²) in [4.78, 5) is 30.0. The fraction of sp³-hybridized carbons (Fsp3) is 0.909. The number of hydrogen-bond acceptors (Lipinski definition) is 3. The minimum atomic E-state index is -0.199. The van der Waals surface area contributed by atoms with Crippen LogP contribution in [0.2, 0.25) is 0 Å². The van der Waals surface area contributed by atoms with Gasteiger partial charge in [-0.15, -0.1) is 0 Å². The van der Waals surface area contributed by atoms with E-state index >= 15 is 0 Å². The Kier molecular flexibility index (Phi) is 6.37. The molecule has 0 spiro atoms. The molecule has 0 aromatic carbocycles. The summed E-state index contributed by atoms with van der Waals surface area (Å²) >= 11 is 0. The second kappa shape index (κ2) is 8.40. The van der Waals surface area contributed by atoms with Gasteiger partial charge in [-0.2, -0.15) is 0 Å². The van der Waals surface area contributed by atoms with E-state index in [1.807, 2.05) is 18.7 Å². The number of amides is 2. The quantitative estimate of drug-likeness (QED) is 0.710. The van der Waals surface area contributed by atoms with E-state index in [0.29, 0.717) is 24.3 Å². The summed E-state index contributed by atoms with van der Waals surface area (Å²) in [7, 11) is 0. The fourth-order valence-electron chi connectivity index (χ4n) is 5.44. The molecule has 2 saturated carbocycles. The summed E-state index contributed by atoms with van der Waals surface area (Å²) in [6.45, 7) is 11.0. The maximum absolute atomic E-state index is 13.0. The second-order valence-electron chi connectivity index (χ2n) is 9.24. The first-order chi connectivity index (χ1) is 12.9. The summed E-state index contributed by atoms with van der Waals surface area (Å²) in [5, 5.41) is 0. The molecule has 5 nitrogen and oxygen atoms in total. The number of carbonyl (C=O) groups excluding carboxylic acids is 2. The summed E-state index contributed by atoms with van der Waals surface area (Å²) in [6, 6.07) is 0.338. The zero-order valence-electron chi connectivity index (χ0n) is 17.8. The predicted molar refractivity (Wildman–Crippen MR) is 106 cm³/mol. The van der Waals surface area contributed by atoms with Crippen molar-refractivity contribution in [2.45, 2.75) is 104 Å². The lowest BCUT2D eigenvalue weighted by Gasteiger charge is -2.54. The molecule has 0 N–H and O–H groups in total. The van der Waals surface area contributed by atoms with Crippen LogP contribution in [0.4, 0.5) is 4.79 Å². The van der Waals surface area contributed by atoms with Crippen molar-refractivity contribution in [3.8, 4) is 0 Å². The largest absolute Gasteiger partial charge is 0.447 e. The Labute approximate surface area is 164 Å². The lowest BCUT2D eigenvalue weighted by atomic mass is 9.72. The van der Waals surface area contributed by atoms with E-state index in [-0.39, 0.29) is 36.2 Å². The molecule has 2 aliphatic carbocycles. The van der Waals surface area contributed by atoms with Crippen LogP contribution in [0.25, 0.3) is 0 Å². The maximum atomic E-state index is 13.0. The average molecular weight is 379 g/mol. The molecular formula is C22H38N2O3. The molecule has 5 heteroatoms. The number of nitrogens with zero attached hydrogens (tertiary/aromatic N) is 2. The Bertz CT molecular complexity index is 542. The molecule has 1 heterocycles. The summed E-state index contributed by atoms with van der Waals surface area (Å²) in [6.07, 6.45) is 7.33. The Morgan fingerprint density at radius 1 is 1.04 bits per heavy atom. The summed E-state index contributed by atoms with van der Waals surface area (Å²) < 4.78 is 5.57. The first-order valence-corrected chi connectivity index (χ1v) is 11.2. The lowest BCUT2D eigenvalue weighted by molar-refractivity contribution is -0.146. The van der Waals surface area contributed by atoms with Crippen molar-refractivity contribution >= 4 is 12.0 Å². The molecule has 0 radical (unpaired) electrons. The molecule has 0 aromatic rings. The van der Waals surface area contributed by atoms with Crippen molar-refractivity contribution < 1.29 is 14.3 Å². The third kappa shape index (κ3) is 4.27. The van der Waals surface area contributed by atoms with E-state index in [1.54, 1.807) is 0 Å². The normalized spacial score (nSPS) is 31.2. The molecule has 3 rings (SSSR count). The minimum Gasteiger partial charge on any atom is -0.447 e. The Hall–Kier alpha value is -1.26. The van der Waals surface area contributed by atoms with E-state index in [2.05, 4.69) is 25.7 Å². The van der Waals surface area contributed by atoms with Gasteiger partial charge in [0.15, 0.2) is 0 Å². The average Bonchev–Trinajstić information content (AvgIpc) is 3.46. The van der Waals surface area contributed by atoms with E-state index in [0.717, 1.165) is 25.7 Å². The zero-order chi connectivity index (χ0) is 19.7. The number of fused-ring (bicyclic) bond motifs is 1. The van der Waals surface area contributed by atoms with Gasteiger partial charge in [-0.3, -0.25) is 4.79 Å². The zero-order valence-corrected chi connectivity index (χ0v) is 17.8. The van der Waals surface area contributed by atoms with Crippen LogP contribution in [0, 0.1) is 17.8 Å². The predicted octanol–water partition coefficient (Wildman–Crippen LogP) is 4.45.